The molecule has 13 rings (SSSR count). The van der Waals surface area contributed by atoms with Crippen molar-refractivity contribution >= 4 is 75.8 Å². The minimum Gasteiger partial charge on any atom is -0.278 e. The van der Waals surface area contributed by atoms with Gasteiger partial charge in [0.1, 0.15) is 0 Å². The van der Waals surface area contributed by atoms with Gasteiger partial charge >= 0.3 is 0 Å². The molecule has 270 valence electrons. The quantitative estimate of drug-likeness (QED) is 0.134. The lowest BCUT2D eigenvalue weighted by Gasteiger charge is -2.23. The molecule has 0 atom stereocenters. The third-order valence-corrected chi connectivity index (χ3v) is 13.1. The Balaban J connectivity index is 1.15. The van der Waals surface area contributed by atoms with E-state index in [9.17, 15) is 0 Å². The predicted octanol–water partition coefficient (Wildman–Crippen LogP) is 14.4. The molecule has 2 heterocycles. The van der Waals surface area contributed by atoms with Crippen LogP contribution in [0.1, 0.15) is 25.0 Å². The van der Waals surface area contributed by atoms with Crippen LogP contribution in [0.15, 0.2) is 176 Å². The van der Waals surface area contributed by atoms with Crippen LogP contribution >= 0.6 is 0 Å². The maximum Gasteiger partial charge on any atom is 0.235 e. The predicted molar refractivity (Wildman–Crippen MR) is 244 cm³/mol. The van der Waals surface area contributed by atoms with Gasteiger partial charge in [-0.3, -0.25) is 4.57 Å². The number of benzene rings is 10. The lowest BCUT2D eigenvalue weighted by Crippen LogP contribution is -2.14. The van der Waals surface area contributed by atoms with E-state index in [0.717, 1.165) is 33.2 Å². The molecule has 0 unspecified atom stereocenters. The van der Waals surface area contributed by atoms with Gasteiger partial charge in [-0.05, 0) is 101 Å². The molecule has 12 aromatic rings. The second-order valence-corrected chi connectivity index (χ2v) is 16.5. The molecule has 0 saturated carbocycles. The Morgan fingerprint density at radius 3 is 1.83 bits per heavy atom. The molecule has 0 spiro atoms. The van der Waals surface area contributed by atoms with Crippen molar-refractivity contribution in [2.75, 3.05) is 0 Å². The third-order valence-electron chi connectivity index (χ3n) is 13.1. The number of aromatic nitrogens is 3. The number of para-hydroxylation sites is 2. The van der Waals surface area contributed by atoms with Gasteiger partial charge in [0.2, 0.25) is 5.95 Å². The van der Waals surface area contributed by atoms with Gasteiger partial charge in [-0.2, -0.15) is 0 Å². The summed E-state index contributed by atoms with van der Waals surface area (Å²) in [6, 6.07) is 64.3. The lowest BCUT2D eigenvalue weighted by molar-refractivity contribution is 0.661. The maximum atomic E-state index is 5.50. The van der Waals surface area contributed by atoms with E-state index < -0.39 is 0 Å². The van der Waals surface area contributed by atoms with Crippen molar-refractivity contribution in [1.82, 2.24) is 14.5 Å². The molecule has 1 aliphatic carbocycles. The van der Waals surface area contributed by atoms with E-state index in [1.807, 2.05) is 0 Å². The Morgan fingerprint density at radius 2 is 1.00 bits per heavy atom. The highest BCUT2D eigenvalue weighted by Gasteiger charge is 2.37. The molecule has 3 heteroatoms. The maximum absolute atomic E-state index is 5.50. The summed E-state index contributed by atoms with van der Waals surface area (Å²) in [7, 11) is 0. The first-order valence-corrected chi connectivity index (χ1v) is 20.2. The number of fused-ring (bicyclic) bond motifs is 11. The molecular weight excluding hydrogens is 703 g/mol. The molecule has 1 aliphatic rings. The first-order chi connectivity index (χ1) is 28.5. The zero-order valence-corrected chi connectivity index (χ0v) is 32.1. The molecule has 0 N–H and O–H groups in total. The summed E-state index contributed by atoms with van der Waals surface area (Å²) < 4.78 is 2.31. The highest BCUT2D eigenvalue weighted by atomic mass is 15.2. The van der Waals surface area contributed by atoms with Gasteiger partial charge in [-0.25, -0.2) is 9.97 Å². The molecule has 3 nitrogen and oxygen atoms in total. The Morgan fingerprint density at radius 1 is 0.397 bits per heavy atom. The first kappa shape index (κ1) is 31.8. The van der Waals surface area contributed by atoms with Crippen LogP contribution in [0.25, 0.3) is 115 Å². The Hall–Kier alpha value is -7.36. The van der Waals surface area contributed by atoms with Crippen LogP contribution in [0.2, 0.25) is 0 Å². The van der Waals surface area contributed by atoms with E-state index in [1.54, 1.807) is 0 Å². The standard InChI is InChI=1S/C55H35N3/c1-55(2)44-23-9-6-16-37(44)51-40-21-12-19-35-36-20-13-22-41-50(36)43(42(49(35)40)30-45(51)55)31-48-52(41)39-18-8-11-25-47(39)58(48)54-56-46-24-10-7-17-38(46)53(57-54)34-28-26-33(27-29-34)32-14-4-3-5-15-32/h3-31H,1-2H3. The lowest BCUT2D eigenvalue weighted by atomic mass is 9.80. The fourth-order valence-electron chi connectivity index (χ4n) is 10.5. The molecule has 0 radical (unpaired) electrons. The normalized spacial score (nSPS) is 13.5. The fourth-order valence-corrected chi connectivity index (χ4v) is 10.5. The fraction of sp³-hybridized carbons (Fsp3) is 0.0545. The van der Waals surface area contributed by atoms with Crippen molar-refractivity contribution in [2.24, 2.45) is 0 Å². The highest BCUT2D eigenvalue weighted by Crippen LogP contribution is 2.55. The van der Waals surface area contributed by atoms with Gasteiger partial charge in [0, 0.05) is 27.1 Å². The van der Waals surface area contributed by atoms with Crippen LogP contribution in [0.5, 0.6) is 0 Å². The molecule has 10 aromatic carbocycles. The van der Waals surface area contributed by atoms with E-state index in [4.69, 9.17) is 9.97 Å². The molecule has 2 aromatic heterocycles. The van der Waals surface area contributed by atoms with Gasteiger partial charge in [0.25, 0.3) is 0 Å². The van der Waals surface area contributed by atoms with Crippen LogP contribution in [0, 0.1) is 0 Å². The average molecular weight is 738 g/mol. The van der Waals surface area contributed by atoms with Crippen LogP contribution in [-0.2, 0) is 5.41 Å². The van der Waals surface area contributed by atoms with Gasteiger partial charge < -0.3 is 0 Å². The molecule has 0 amide bonds. The van der Waals surface area contributed by atoms with E-state index in [0.29, 0.717) is 5.95 Å². The Bertz CT molecular complexity index is 3690. The van der Waals surface area contributed by atoms with Crippen LogP contribution in [-0.4, -0.2) is 14.5 Å². The molecular formula is C55H35N3. The summed E-state index contributed by atoms with van der Waals surface area (Å²) in [5.74, 6) is 0.668. The van der Waals surface area contributed by atoms with Crippen molar-refractivity contribution in [1.29, 1.82) is 0 Å². The summed E-state index contributed by atoms with van der Waals surface area (Å²) in [4.78, 5) is 10.9. The molecule has 0 fully saturated rings. The number of nitrogens with zero attached hydrogens (tertiary/aromatic N) is 3. The van der Waals surface area contributed by atoms with Crippen LogP contribution in [0.4, 0.5) is 0 Å². The zero-order valence-electron chi connectivity index (χ0n) is 32.1. The van der Waals surface area contributed by atoms with Crippen molar-refractivity contribution in [3.63, 3.8) is 0 Å². The average Bonchev–Trinajstić information content (AvgIpc) is 3.73. The van der Waals surface area contributed by atoms with Crippen molar-refractivity contribution < 1.29 is 0 Å². The van der Waals surface area contributed by atoms with Crippen LogP contribution in [0.3, 0.4) is 0 Å². The van der Waals surface area contributed by atoms with E-state index in [2.05, 4.69) is 194 Å². The zero-order chi connectivity index (χ0) is 38.3. The van der Waals surface area contributed by atoms with Crippen molar-refractivity contribution in [3.05, 3.63) is 187 Å². The summed E-state index contributed by atoms with van der Waals surface area (Å²) in [5, 5.41) is 13.8. The second kappa shape index (κ2) is 11.4. The molecule has 0 saturated heterocycles. The van der Waals surface area contributed by atoms with Gasteiger partial charge in [0.15, 0.2) is 0 Å². The van der Waals surface area contributed by atoms with Gasteiger partial charge in [-0.15, -0.1) is 0 Å². The summed E-state index contributed by atoms with van der Waals surface area (Å²) in [6.07, 6.45) is 0. The second-order valence-electron chi connectivity index (χ2n) is 16.5. The summed E-state index contributed by atoms with van der Waals surface area (Å²) in [6.45, 7) is 4.77. The Labute approximate surface area is 334 Å². The monoisotopic (exact) mass is 737 g/mol. The highest BCUT2D eigenvalue weighted by molar-refractivity contribution is 6.39. The molecule has 0 bridgehead atoms. The van der Waals surface area contributed by atoms with Crippen molar-refractivity contribution in [2.45, 2.75) is 19.3 Å². The number of rotatable bonds is 3. The topological polar surface area (TPSA) is 30.7 Å². The van der Waals surface area contributed by atoms with Crippen molar-refractivity contribution in [3.8, 4) is 39.5 Å². The largest absolute Gasteiger partial charge is 0.278 e. The van der Waals surface area contributed by atoms with Gasteiger partial charge in [0.05, 0.1) is 22.2 Å². The van der Waals surface area contributed by atoms with E-state index in [-0.39, 0.29) is 5.41 Å². The number of hydrogen-bond donors (Lipinski definition) is 0. The third kappa shape index (κ3) is 4.12. The molecule has 58 heavy (non-hydrogen) atoms. The van der Waals surface area contributed by atoms with E-state index >= 15 is 0 Å². The first-order valence-electron chi connectivity index (χ1n) is 20.2. The number of hydrogen-bond acceptors (Lipinski definition) is 2. The summed E-state index contributed by atoms with van der Waals surface area (Å²) in [5.41, 5.74) is 12.9. The smallest absolute Gasteiger partial charge is 0.235 e. The minimum absolute atomic E-state index is 0.129. The summed E-state index contributed by atoms with van der Waals surface area (Å²) >= 11 is 0. The van der Waals surface area contributed by atoms with Crippen LogP contribution < -0.4 is 0 Å². The molecule has 0 aliphatic heterocycles. The van der Waals surface area contributed by atoms with Gasteiger partial charge in [-0.1, -0.05) is 166 Å². The minimum atomic E-state index is -0.129. The Kier molecular flexibility index (Phi) is 6.23. The SMILES string of the molecule is CC1(C)c2ccccc2-c2c1cc1c3cc4c(c5cccc(c6cccc2c61)c35)c1ccccc1n4-c1nc(-c2ccc(-c3ccccc3)cc2)c2ccccc2n1. The van der Waals surface area contributed by atoms with E-state index in [1.165, 1.54) is 87.2 Å².